The van der Waals surface area contributed by atoms with E-state index in [1.807, 2.05) is 31.2 Å². The molecule has 5 nitrogen and oxygen atoms in total. The molecule has 0 fully saturated rings. The van der Waals surface area contributed by atoms with Crippen molar-refractivity contribution < 1.29 is 22.6 Å². The largest absolute Gasteiger partial charge is 0.497 e. The minimum Gasteiger partial charge on any atom is -0.497 e. The summed E-state index contributed by atoms with van der Waals surface area (Å²) < 4.78 is 50.1. The molecule has 1 aromatic heterocycles. The molecule has 3 rings (SSSR count). The molecule has 154 valence electrons. The molecule has 29 heavy (non-hydrogen) atoms. The minimum absolute atomic E-state index is 0.138. The zero-order chi connectivity index (χ0) is 20.9. The van der Waals surface area contributed by atoms with Gasteiger partial charge >= 0.3 is 6.18 Å². The van der Waals surface area contributed by atoms with Gasteiger partial charge in [0.1, 0.15) is 11.5 Å². The summed E-state index contributed by atoms with van der Waals surface area (Å²) in [6, 6.07) is 14.5. The molecule has 0 N–H and O–H groups in total. The van der Waals surface area contributed by atoms with E-state index < -0.39 is 12.6 Å². The molecule has 0 unspecified atom stereocenters. The first kappa shape index (κ1) is 21.0. The van der Waals surface area contributed by atoms with Crippen LogP contribution >= 0.6 is 11.8 Å². The zero-order valence-electron chi connectivity index (χ0n) is 15.9. The highest BCUT2D eigenvalue weighted by atomic mass is 32.2. The van der Waals surface area contributed by atoms with Crippen molar-refractivity contribution in [1.82, 2.24) is 14.8 Å². The molecule has 0 saturated carbocycles. The lowest BCUT2D eigenvalue weighted by Crippen LogP contribution is -2.08. The van der Waals surface area contributed by atoms with Gasteiger partial charge in [0.25, 0.3) is 0 Å². The highest BCUT2D eigenvalue weighted by molar-refractivity contribution is 7.99. The molecular formula is C20H20F3N3O2S. The van der Waals surface area contributed by atoms with E-state index in [0.29, 0.717) is 29.1 Å². The topological polar surface area (TPSA) is 49.2 Å². The molecule has 0 aliphatic rings. The van der Waals surface area contributed by atoms with E-state index in [9.17, 15) is 13.2 Å². The maximum Gasteiger partial charge on any atom is 0.389 e. The van der Waals surface area contributed by atoms with Crippen molar-refractivity contribution in [3.63, 3.8) is 0 Å². The fourth-order valence-electron chi connectivity index (χ4n) is 2.64. The number of halogens is 3. The lowest BCUT2D eigenvalue weighted by molar-refractivity contribution is -0.129. The van der Waals surface area contributed by atoms with E-state index in [1.54, 1.807) is 35.9 Å². The molecule has 0 aliphatic carbocycles. The van der Waals surface area contributed by atoms with E-state index in [1.165, 1.54) is 0 Å². The van der Waals surface area contributed by atoms with Gasteiger partial charge in [-0.25, -0.2) is 0 Å². The Balaban J connectivity index is 1.97. The van der Waals surface area contributed by atoms with Gasteiger partial charge < -0.3 is 9.47 Å². The van der Waals surface area contributed by atoms with Crippen molar-refractivity contribution in [2.75, 3.05) is 19.5 Å². The molecule has 9 heteroatoms. The maximum atomic E-state index is 12.6. The molecule has 0 amide bonds. The van der Waals surface area contributed by atoms with Crippen molar-refractivity contribution in [1.29, 1.82) is 0 Å². The van der Waals surface area contributed by atoms with Crippen LogP contribution in [0.5, 0.6) is 11.5 Å². The number of thioether (sulfide) groups is 1. The van der Waals surface area contributed by atoms with Crippen LogP contribution in [0.25, 0.3) is 17.1 Å². The van der Waals surface area contributed by atoms with E-state index in [4.69, 9.17) is 9.47 Å². The number of alkyl halides is 3. The molecule has 0 radical (unpaired) electrons. The normalized spacial score (nSPS) is 11.5. The van der Waals surface area contributed by atoms with Gasteiger partial charge in [0.15, 0.2) is 11.0 Å². The standard InChI is InChI=1S/C20H20F3N3O2S/c1-3-28-17-10-6-15(7-11-17)26-18(14-4-8-16(27-2)9-5-14)24-25-19(26)29-13-12-20(21,22)23/h4-11H,3,12-13H2,1-2H3. The number of nitrogens with zero attached hydrogens (tertiary/aromatic N) is 3. The van der Waals surface area contributed by atoms with Crippen LogP contribution in [0.1, 0.15) is 13.3 Å². The average Bonchev–Trinajstić information content (AvgIpc) is 3.12. The van der Waals surface area contributed by atoms with E-state index in [2.05, 4.69) is 10.2 Å². The first-order valence-electron chi connectivity index (χ1n) is 8.94. The van der Waals surface area contributed by atoms with Crippen molar-refractivity contribution in [2.24, 2.45) is 0 Å². The predicted octanol–water partition coefficient (Wildman–Crippen LogP) is 5.39. The second kappa shape index (κ2) is 9.21. The Labute approximate surface area is 170 Å². The number of benzene rings is 2. The van der Waals surface area contributed by atoms with Gasteiger partial charge in [-0.2, -0.15) is 13.2 Å². The van der Waals surface area contributed by atoms with Crippen LogP contribution in [0.15, 0.2) is 53.7 Å². The number of ether oxygens (including phenoxy) is 2. The summed E-state index contributed by atoms with van der Waals surface area (Å²) in [5.41, 5.74) is 1.51. The van der Waals surface area contributed by atoms with Crippen LogP contribution in [-0.4, -0.2) is 40.4 Å². The number of rotatable bonds is 8. The fraction of sp³-hybridized carbons (Fsp3) is 0.300. The Bertz CT molecular complexity index is 926. The number of methoxy groups -OCH3 is 1. The summed E-state index contributed by atoms with van der Waals surface area (Å²) in [5.74, 6) is 1.80. The van der Waals surface area contributed by atoms with Gasteiger partial charge in [0.05, 0.1) is 20.1 Å². The van der Waals surface area contributed by atoms with E-state index in [-0.39, 0.29) is 5.75 Å². The van der Waals surface area contributed by atoms with Gasteiger partial charge in [-0.05, 0) is 55.5 Å². The van der Waals surface area contributed by atoms with Crippen molar-refractivity contribution in [3.05, 3.63) is 48.5 Å². The Hall–Kier alpha value is -2.68. The molecule has 0 saturated heterocycles. The first-order valence-corrected chi connectivity index (χ1v) is 9.92. The van der Waals surface area contributed by atoms with Crippen LogP contribution in [0, 0.1) is 0 Å². The Morgan fingerprint density at radius 3 is 2.21 bits per heavy atom. The number of hydrogen-bond donors (Lipinski definition) is 0. The Morgan fingerprint density at radius 1 is 0.966 bits per heavy atom. The van der Waals surface area contributed by atoms with Gasteiger partial charge in [0.2, 0.25) is 0 Å². The first-order chi connectivity index (χ1) is 13.9. The molecule has 1 heterocycles. The lowest BCUT2D eigenvalue weighted by atomic mass is 10.2. The molecule has 0 atom stereocenters. The maximum absolute atomic E-state index is 12.6. The van der Waals surface area contributed by atoms with Crippen molar-refractivity contribution in [3.8, 4) is 28.6 Å². The van der Waals surface area contributed by atoms with Gasteiger partial charge in [-0.15, -0.1) is 10.2 Å². The van der Waals surface area contributed by atoms with Crippen LogP contribution in [0.3, 0.4) is 0 Å². The second-order valence-corrected chi connectivity index (χ2v) is 7.07. The van der Waals surface area contributed by atoms with Gasteiger partial charge in [-0.3, -0.25) is 4.57 Å². The Morgan fingerprint density at radius 2 is 1.62 bits per heavy atom. The zero-order valence-corrected chi connectivity index (χ0v) is 16.8. The van der Waals surface area contributed by atoms with E-state index in [0.717, 1.165) is 23.0 Å². The summed E-state index contributed by atoms with van der Waals surface area (Å²) in [4.78, 5) is 0. The summed E-state index contributed by atoms with van der Waals surface area (Å²) in [6.07, 6.45) is -5.11. The fourth-order valence-corrected chi connectivity index (χ4v) is 3.58. The van der Waals surface area contributed by atoms with Crippen molar-refractivity contribution >= 4 is 11.8 Å². The van der Waals surface area contributed by atoms with Crippen LogP contribution in [-0.2, 0) is 0 Å². The predicted molar refractivity (Wildman–Crippen MR) is 106 cm³/mol. The number of aromatic nitrogens is 3. The third-order valence-corrected chi connectivity index (χ3v) is 4.93. The second-order valence-electron chi connectivity index (χ2n) is 6.01. The molecule has 3 aromatic rings. The van der Waals surface area contributed by atoms with E-state index >= 15 is 0 Å². The Kier molecular flexibility index (Phi) is 6.68. The summed E-state index contributed by atoms with van der Waals surface area (Å²) in [5, 5.41) is 8.76. The monoisotopic (exact) mass is 423 g/mol. The quantitative estimate of drug-likeness (QED) is 0.455. The van der Waals surface area contributed by atoms with Crippen LogP contribution in [0.4, 0.5) is 13.2 Å². The van der Waals surface area contributed by atoms with Gasteiger partial charge in [-0.1, -0.05) is 11.8 Å². The third kappa shape index (κ3) is 5.44. The molecule has 0 bridgehead atoms. The SMILES string of the molecule is CCOc1ccc(-n2c(SCCC(F)(F)F)nnc2-c2ccc(OC)cc2)cc1. The third-order valence-electron chi connectivity index (χ3n) is 4.00. The highest BCUT2D eigenvalue weighted by Crippen LogP contribution is 2.31. The van der Waals surface area contributed by atoms with Gasteiger partial charge in [0, 0.05) is 17.0 Å². The van der Waals surface area contributed by atoms with Crippen molar-refractivity contribution in [2.45, 2.75) is 24.7 Å². The molecule has 0 spiro atoms. The number of hydrogen-bond acceptors (Lipinski definition) is 5. The van der Waals surface area contributed by atoms with Crippen LogP contribution in [0.2, 0.25) is 0 Å². The highest BCUT2D eigenvalue weighted by Gasteiger charge is 2.27. The molecule has 2 aromatic carbocycles. The lowest BCUT2D eigenvalue weighted by Gasteiger charge is -2.12. The summed E-state index contributed by atoms with van der Waals surface area (Å²) in [7, 11) is 1.58. The summed E-state index contributed by atoms with van der Waals surface area (Å²) in [6.45, 7) is 2.44. The minimum atomic E-state index is -4.21. The molecule has 0 aliphatic heterocycles. The average molecular weight is 423 g/mol. The van der Waals surface area contributed by atoms with Crippen LogP contribution < -0.4 is 9.47 Å². The molecular weight excluding hydrogens is 403 g/mol. The summed E-state index contributed by atoms with van der Waals surface area (Å²) >= 11 is 1.02. The smallest absolute Gasteiger partial charge is 0.389 e.